The lowest BCUT2D eigenvalue weighted by Gasteiger charge is -2.23. The van der Waals surface area contributed by atoms with Crippen LogP contribution >= 0.6 is 0 Å². The summed E-state index contributed by atoms with van der Waals surface area (Å²) in [6, 6.07) is 11.4. The Kier molecular flexibility index (Phi) is 6.45. The van der Waals surface area contributed by atoms with Gasteiger partial charge in [0.15, 0.2) is 6.10 Å². The van der Waals surface area contributed by atoms with Crippen molar-refractivity contribution in [2.24, 2.45) is 0 Å². The first-order valence-electron chi connectivity index (χ1n) is 9.83. The van der Waals surface area contributed by atoms with Crippen molar-refractivity contribution in [1.29, 1.82) is 0 Å². The van der Waals surface area contributed by atoms with Crippen LogP contribution in [0.1, 0.15) is 49.4 Å². The van der Waals surface area contributed by atoms with E-state index in [1.165, 1.54) is 24.0 Å². The Labute approximate surface area is 167 Å². The van der Waals surface area contributed by atoms with Crippen LogP contribution < -0.4 is 19.5 Å². The molecule has 2 unspecified atom stereocenters. The first-order valence-corrected chi connectivity index (χ1v) is 9.83. The van der Waals surface area contributed by atoms with Crippen LogP contribution in [0.15, 0.2) is 36.4 Å². The Morgan fingerprint density at radius 2 is 1.79 bits per heavy atom. The SMILES string of the molecule is COc1ccc(OC)c(C(C)NC(=O)C(C)Oc2cccc3c2CCCC3)c1. The highest BCUT2D eigenvalue weighted by Gasteiger charge is 2.22. The van der Waals surface area contributed by atoms with Gasteiger partial charge in [0, 0.05) is 5.56 Å². The zero-order valence-corrected chi connectivity index (χ0v) is 17.1. The molecule has 1 aliphatic carbocycles. The van der Waals surface area contributed by atoms with Crippen LogP contribution in [0, 0.1) is 0 Å². The van der Waals surface area contributed by atoms with E-state index in [1.54, 1.807) is 21.1 Å². The fourth-order valence-electron chi connectivity index (χ4n) is 3.69. The van der Waals surface area contributed by atoms with E-state index in [4.69, 9.17) is 14.2 Å². The summed E-state index contributed by atoms with van der Waals surface area (Å²) in [6.45, 7) is 3.71. The lowest BCUT2D eigenvalue weighted by Crippen LogP contribution is -2.38. The third kappa shape index (κ3) is 4.41. The van der Waals surface area contributed by atoms with Crippen molar-refractivity contribution in [3.8, 4) is 17.2 Å². The molecule has 0 saturated heterocycles. The number of rotatable bonds is 7. The van der Waals surface area contributed by atoms with Gasteiger partial charge in [-0.25, -0.2) is 0 Å². The van der Waals surface area contributed by atoms with Crippen molar-refractivity contribution in [2.75, 3.05) is 14.2 Å². The van der Waals surface area contributed by atoms with Gasteiger partial charge >= 0.3 is 0 Å². The first kappa shape index (κ1) is 20.1. The second-order valence-electron chi connectivity index (χ2n) is 7.20. The van der Waals surface area contributed by atoms with Gasteiger partial charge in [0.2, 0.25) is 0 Å². The summed E-state index contributed by atoms with van der Waals surface area (Å²) in [7, 11) is 3.23. The number of carbonyl (C=O) groups excluding carboxylic acids is 1. The number of fused-ring (bicyclic) bond motifs is 1. The monoisotopic (exact) mass is 383 g/mol. The van der Waals surface area contributed by atoms with E-state index in [9.17, 15) is 4.79 Å². The van der Waals surface area contributed by atoms with Crippen molar-refractivity contribution in [1.82, 2.24) is 5.32 Å². The maximum absolute atomic E-state index is 12.7. The van der Waals surface area contributed by atoms with E-state index in [2.05, 4.69) is 11.4 Å². The Morgan fingerprint density at radius 3 is 2.54 bits per heavy atom. The number of aryl methyl sites for hydroxylation is 1. The van der Waals surface area contributed by atoms with Gasteiger partial charge < -0.3 is 19.5 Å². The minimum absolute atomic E-state index is 0.161. The summed E-state index contributed by atoms with van der Waals surface area (Å²) in [6.07, 6.45) is 3.89. The van der Waals surface area contributed by atoms with E-state index in [0.717, 1.165) is 29.9 Å². The third-order valence-corrected chi connectivity index (χ3v) is 5.29. The number of nitrogens with one attached hydrogen (secondary N) is 1. The highest BCUT2D eigenvalue weighted by atomic mass is 16.5. The molecule has 0 aromatic heterocycles. The molecule has 1 amide bonds. The maximum Gasteiger partial charge on any atom is 0.261 e. The van der Waals surface area contributed by atoms with Crippen LogP contribution in [0.2, 0.25) is 0 Å². The fraction of sp³-hybridized carbons (Fsp3) is 0.435. The van der Waals surface area contributed by atoms with E-state index in [1.807, 2.05) is 37.3 Å². The predicted octanol–water partition coefficient (Wildman–Crippen LogP) is 4.23. The Balaban J connectivity index is 1.69. The number of benzene rings is 2. The zero-order chi connectivity index (χ0) is 20.1. The molecule has 5 nitrogen and oxygen atoms in total. The highest BCUT2D eigenvalue weighted by Crippen LogP contribution is 2.31. The van der Waals surface area contributed by atoms with Gasteiger partial charge in [0.1, 0.15) is 17.2 Å². The van der Waals surface area contributed by atoms with Crippen LogP contribution in [-0.2, 0) is 17.6 Å². The van der Waals surface area contributed by atoms with Crippen LogP contribution in [0.4, 0.5) is 0 Å². The molecule has 2 atom stereocenters. The van der Waals surface area contributed by atoms with Gasteiger partial charge in [0.05, 0.1) is 20.3 Å². The standard InChI is InChI=1S/C23H29NO4/c1-15(20-14-18(26-3)12-13-21(20)27-4)24-23(25)16(2)28-22-11-7-9-17-8-5-6-10-19(17)22/h7,9,11-16H,5-6,8,10H2,1-4H3,(H,24,25). The average molecular weight is 383 g/mol. The number of hydrogen-bond acceptors (Lipinski definition) is 4. The molecule has 2 aromatic carbocycles. The molecule has 0 aliphatic heterocycles. The molecule has 0 spiro atoms. The van der Waals surface area contributed by atoms with E-state index < -0.39 is 6.10 Å². The zero-order valence-electron chi connectivity index (χ0n) is 17.1. The molecule has 1 aliphatic rings. The molecular weight excluding hydrogens is 354 g/mol. The minimum atomic E-state index is -0.590. The van der Waals surface area contributed by atoms with Gasteiger partial charge in [-0.2, -0.15) is 0 Å². The van der Waals surface area contributed by atoms with Gasteiger partial charge in [-0.3, -0.25) is 4.79 Å². The van der Waals surface area contributed by atoms with Crippen molar-refractivity contribution in [2.45, 2.75) is 51.7 Å². The van der Waals surface area contributed by atoms with Gasteiger partial charge in [-0.1, -0.05) is 12.1 Å². The summed E-state index contributed by atoms with van der Waals surface area (Å²) < 4.78 is 16.8. The average Bonchev–Trinajstić information content (AvgIpc) is 2.73. The molecule has 28 heavy (non-hydrogen) atoms. The molecule has 3 rings (SSSR count). The Morgan fingerprint density at radius 1 is 1.00 bits per heavy atom. The molecule has 150 valence electrons. The molecule has 0 fully saturated rings. The normalized spacial score (nSPS) is 15.1. The van der Waals surface area contributed by atoms with Crippen molar-refractivity contribution in [3.05, 3.63) is 53.1 Å². The molecule has 0 heterocycles. The molecule has 0 bridgehead atoms. The lowest BCUT2D eigenvalue weighted by molar-refractivity contribution is -0.127. The molecule has 5 heteroatoms. The Bertz CT molecular complexity index is 833. The van der Waals surface area contributed by atoms with Crippen LogP contribution in [-0.4, -0.2) is 26.2 Å². The van der Waals surface area contributed by atoms with Crippen LogP contribution in [0.25, 0.3) is 0 Å². The van der Waals surface area contributed by atoms with Crippen LogP contribution in [0.3, 0.4) is 0 Å². The molecular formula is C23H29NO4. The smallest absolute Gasteiger partial charge is 0.261 e. The lowest BCUT2D eigenvalue weighted by atomic mass is 9.91. The number of carbonyl (C=O) groups is 1. The topological polar surface area (TPSA) is 56.8 Å². The second-order valence-corrected chi connectivity index (χ2v) is 7.20. The molecule has 0 saturated carbocycles. The largest absolute Gasteiger partial charge is 0.497 e. The Hall–Kier alpha value is -2.69. The van der Waals surface area contributed by atoms with E-state index >= 15 is 0 Å². The van der Waals surface area contributed by atoms with Crippen molar-refractivity contribution in [3.63, 3.8) is 0 Å². The molecule has 1 N–H and O–H groups in total. The molecule has 2 aromatic rings. The van der Waals surface area contributed by atoms with Gasteiger partial charge in [-0.15, -0.1) is 0 Å². The van der Waals surface area contributed by atoms with Crippen molar-refractivity contribution < 1.29 is 19.0 Å². The summed E-state index contributed by atoms with van der Waals surface area (Å²) in [5.74, 6) is 2.09. The van der Waals surface area contributed by atoms with Crippen LogP contribution in [0.5, 0.6) is 17.2 Å². The van der Waals surface area contributed by atoms with E-state index in [0.29, 0.717) is 5.75 Å². The first-order chi connectivity index (χ1) is 13.5. The third-order valence-electron chi connectivity index (χ3n) is 5.29. The minimum Gasteiger partial charge on any atom is -0.497 e. The number of methoxy groups -OCH3 is 2. The molecule has 0 radical (unpaired) electrons. The summed E-state index contributed by atoms with van der Waals surface area (Å²) in [5.41, 5.74) is 3.45. The maximum atomic E-state index is 12.7. The predicted molar refractivity (Wildman–Crippen MR) is 109 cm³/mol. The highest BCUT2D eigenvalue weighted by molar-refractivity contribution is 5.81. The summed E-state index contributed by atoms with van der Waals surface area (Å²) in [4.78, 5) is 12.7. The summed E-state index contributed by atoms with van der Waals surface area (Å²) in [5, 5.41) is 3.02. The quantitative estimate of drug-likeness (QED) is 0.777. The van der Waals surface area contributed by atoms with Gasteiger partial charge in [-0.05, 0) is 74.9 Å². The number of ether oxygens (including phenoxy) is 3. The number of hydrogen-bond donors (Lipinski definition) is 1. The number of amides is 1. The second kappa shape index (κ2) is 9.00. The van der Waals surface area contributed by atoms with Gasteiger partial charge in [0.25, 0.3) is 5.91 Å². The van der Waals surface area contributed by atoms with E-state index in [-0.39, 0.29) is 11.9 Å². The summed E-state index contributed by atoms with van der Waals surface area (Å²) >= 11 is 0. The fourth-order valence-corrected chi connectivity index (χ4v) is 3.69. The van der Waals surface area contributed by atoms with Crippen molar-refractivity contribution >= 4 is 5.91 Å².